The van der Waals surface area contributed by atoms with Crippen LogP contribution in [0.3, 0.4) is 0 Å². The fourth-order valence-corrected chi connectivity index (χ4v) is 3.90. The van der Waals surface area contributed by atoms with Gasteiger partial charge in [-0.2, -0.15) is 0 Å². The smallest absolute Gasteiger partial charge is 0.317 e. The molecule has 1 fully saturated rings. The molecule has 5 nitrogen and oxygen atoms in total. The Morgan fingerprint density at radius 1 is 0.962 bits per heavy atom. The van der Waals surface area contributed by atoms with Gasteiger partial charge >= 0.3 is 6.03 Å². The second-order valence-corrected chi connectivity index (χ2v) is 7.44. The Kier molecular flexibility index (Phi) is 6.53. The highest BCUT2D eigenvalue weighted by Gasteiger charge is 2.22. The van der Waals surface area contributed by atoms with E-state index >= 15 is 0 Å². The Hall–Kier alpha value is -2.04. The monoisotopic (exact) mass is 357 g/mol. The Morgan fingerprint density at radius 3 is 2.50 bits per heavy atom. The minimum absolute atomic E-state index is 0.00386. The van der Waals surface area contributed by atoms with Crippen molar-refractivity contribution in [3.63, 3.8) is 0 Å². The molecule has 0 spiro atoms. The summed E-state index contributed by atoms with van der Waals surface area (Å²) in [4.78, 5) is 28.6. The van der Waals surface area contributed by atoms with Crippen LogP contribution in [0.2, 0.25) is 0 Å². The number of rotatable bonds is 4. The van der Waals surface area contributed by atoms with Gasteiger partial charge in [-0.1, -0.05) is 25.1 Å². The van der Waals surface area contributed by atoms with Gasteiger partial charge in [0.2, 0.25) is 5.91 Å². The SMILES string of the molecule is CCCNC(=O)N1CCCN(C(=O)Cc2ccc3c(c2)CCCC3)CC1. The largest absolute Gasteiger partial charge is 0.341 e. The third-order valence-corrected chi connectivity index (χ3v) is 5.43. The van der Waals surface area contributed by atoms with Crippen LogP contribution in [0.15, 0.2) is 18.2 Å². The first-order valence-corrected chi connectivity index (χ1v) is 10.1. The first-order valence-electron chi connectivity index (χ1n) is 10.1. The van der Waals surface area contributed by atoms with E-state index in [9.17, 15) is 9.59 Å². The maximum atomic E-state index is 12.7. The van der Waals surface area contributed by atoms with Crippen LogP contribution in [0.4, 0.5) is 4.79 Å². The molecular weight excluding hydrogens is 326 g/mol. The summed E-state index contributed by atoms with van der Waals surface area (Å²) in [7, 11) is 0. The molecule has 1 aromatic carbocycles. The van der Waals surface area contributed by atoms with Crippen LogP contribution in [0.5, 0.6) is 0 Å². The predicted molar refractivity (Wildman–Crippen MR) is 103 cm³/mol. The van der Waals surface area contributed by atoms with Crippen LogP contribution < -0.4 is 5.32 Å². The third kappa shape index (κ3) is 4.77. The Morgan fingerprint density at radius 2 is 1.69 bits per heavy atom. The number of hydrogen-bond acceptors (Lipinski definition) is 2. The molecule has 0 radical (unpaired) electrons. The lowest BCUT2D eigenvalue weighted by Crippen LogP contribution is -2.43. The quantitative estimate of drug-likeness (QED) is 0.901. The predicted octanol–water partition coefficient (Wildman–Crippen LogP) is 2.76. The number of fused-ring (bicyclic) bond motifs is 1. The van der Waals surface area contributed by atoms with Crippen molar-refractivity contribution in [1.82, 2.24) is 15.1 Å². The maximum Gasteiger partial charge on any atom is 0.317 e. The van der Waals surface area contributed by atoms with Gasteiger partial charge in [0.1, 0.15) is 0 Å². The lowest BCUT2D eigenvalue weighted by molar-refractivity contribution is -0.130. The second kappa shape index (κ2) is 9.06. The highest BCUT2D eigenvalue weighted by atomic mass is 16.2. The summed E-state index contributed by atoms with van der Waals surface area (Å²) in [6.07, 6.45) is 7.10. The van der Waals surface area contributed by atoms with Gasteiger partial charge in [0, 0.05) is 32.7 Å². The van der Waals surface area contributed by atoms with E-state index in [1.165, 1.54) is 30.4 Å². The summed E-state index contributed by atoms with van der Waals surface area (Å²) in [5.74, 6) is 0.177. The summed E-state index contributed by atoms with van der Waals surface area (Å²) < 4.78 is 0. The third-order valence-electron chi connectivity index (χ3n) is 5.43. The second-order valence-electron chi connectivity index (χ2n) is 7.44. The average Bonchev–Trinajstić information content (AvgIpc) is 2.92. The van der Waals surface area contributed by atoms with E-state index in [1.54, 1.807) is 0 Å². The van der Waals surface area contributed by atoms with Crippen LogP contribution in [0.25, 0.3) is 0 Å². The van der Waals surface area contributed by atoms with Crippen molar-refractivity contribution in [1.29, 1.82) is 0 Å². The number of urea groups is 1. The van der Waals surface area contributed by atoms with Gasteiger partial charge in [0.05, 0.1) is 6.42 Å². The molecule has 3 amide bonds. The minimum atomic E-state index is -0.00386. The molecule has 26 heavy (non-hydrogen) atoms. The Bertz CT molecular complexity index is 644. The van der Waals surface area contributed by atoms with Crippen LogP contribution in [-0.2, 0) is 24.1 Å². The summed E-state index contributed by atoms with van der Waals surface area (Å²) in [5.41, 5.74) is 4.00. The molecule has 0 unspecified atom stereocenters. The number of amides is 3. The number of carbonyl (C=O) groups is 2. The van der Waals surface area contributed by atoms with E-state index in [0.29, 0.717) is 26.1 Å². The minimum Gasteiger partial charge on any atom is -0.341 e. The maximum absolute atomic E-state index is 12.7. The van der Waals surface area contributed by atoms with E-state index in [-0.39, 0.29) is 11.9 Å². The van der Waals surface area contributed by atoms with E-state index < -0.39 is 0 Å². The van der Waals surface area contributed by atoms with Crippen molar-refractivity contribution in [2.24, 2.45) is 0 Å². The van der Waals surface area contributed by atoms with Crippen molar-refractivity contribution in [2.75, 3.05) is 32.7 Å². The van der Waals surface area contributed by atoms with Crippen molar-refractivity contribution in [2.45, 2.75) is 51.9 Å². The zero-order valence-electron chi connectivity index (χ0n) is 15.9. The fourth-order valence-electron chi connectivity index (χ4n) is 3.90. The molecule has 0 atom stereocenters. The number of carbonyl (C=O) groups excluding carboxylic acids is 2. The van der Waals surface area contributed by atoms with Crippen LogP contribution >= 0.6 is 0 Å². The van der Waals surface area contributed by atoms with Crippen molar-refractivity contribution >= 4 is 11.9 Å². The van der Waals surface area contributed by atoms with Crippen molar-refractivity contribution in [3.05, 3.63) is 34.9 Å². The summed E-state index contributed by atoms with van der Waals surface area (Å²) in [6, 6.07) is 6.55. The van der Waals surface area contributed by atoms with E-state index in [0.717, 1.165) is 37.9 Å². The molecular formula is C21H31N3O2. The zero-order valence-corrected chi connectivity index (χ0v) is 15.9. The normalized spacial score (nSPS) is 17.4. The average molecular weight is 357 g/mol. The summed E-state index contributed by atoms with van der Waals surface area (Å²) in [5, 5.41) is 2.93. The number of benzene rings is 1. The molecule has 2 aliphatic rings. The standard InChI is InChI=1S/C21H31N3O2/c1-2-10-22-21(26)24-12-5-11-23(13-14-24)20(25)16-17-8-9-18-6-3-4-7-19(18)15-17/h8-9,15H,2-7,10-14,16H2,1H3,(H,22,26). The lowest BCUT2D eigenvalue weighted by atomic mass is 9.90. The van der Waals surface area contributed by atoms with Gasteiger partial charge in [-0.05, 0) is 55.2 Å². The molecule has 1 saturated heterocycles. The van der Waals surface area contributed by atoms with Crippen LogP contribution in [0, 0.1) is 0 Å². The summed E-state index contributed by atoms with van der Waals surface area (Å²) >= 11 is 0. The topological polar surface area (TPSA) is 52.7 Å². The first kappa shape index (κ1) is 18.7. The fraction of sp³-hybridized carbons (Fsp3) is 0.619. The Balaban J connectivity index is 1.54. The molecule has 1 aliphatic carbocycles. The molecule has 3 rings (SSSR count). The van der Waals surface area contributed by atoms with Gasteiger partial charge < -0.3 is 15.1 Å². The molecule has 1 aliphatic heterocycles. The molecule has 0 bridgehead atoms. The van der Waals surface area contributed by atoms with Gasteiger partial charge in [-0.15, -0.1) is 0 Å². The van der Waals surface area contributed by atoms with E-state index in [2.05, 4.69) is 23.5 Å². The van der Waals surface area contributed by atoms with Gasteiger partial charge in [0.25, 0.3) is 0 Å². The lowest BCUT2D eigenvalue weighted by Gasteiger charge is -2.23. The number of nitrogens with zero attached hydrogens (tertiary/aromatic N) is 2. The van der Waals surface area contributed by atoms with Crippen molar-refractivity contribution in [3.8, 4) is 0 Å². The highest BCUT2D eigenvalue weighted by Crippen LogP contribution is 2.22. The van der Waals surface area contributed by atoms with Crippen LogP contribution in [0.1, 0.15) is 49.3 Å². The number of nitrogens with one attached hydrogen (secondary N) is 1. The molecule has 142 valence electrons. The molecule has 0 aromatic heterocycles. The van der Waals surface area contributed by atoms with E-state index in [4.69, 9.17) is 0 Å². The van der Waals surface area contributed by atoms with Gasteiger partial charge in [-0.25, -0.2) is 4.79 Å². The number of aryl methyl sites for hydroxylation is 2. The Labute approximate surface area is 156 Å². The van der Waals surface area contributed by atoms with E-state index in [1.807, 2.05) is 16.7 Å². The molecule has 5 heteroatoms. The molecule has 1 aromatic rings. The first-order chi connectivity index (χ1) is 12.7. The van der Waals surface area contributed by atoms with Crippen molar-refractivity contribution < 1.29 is 9.59 Å². The van der Waals surface area contributed by atoms with Crippen LogP contribution in [-0.4, -0.2) is 54.5 Å². The molecule has 1 heterocycles. The highest BCUT2D eigenvalue weighted by molar-refractivity contribution is 5.79. The molecule has 0 saturated carbocycles. The summed E-state index contributed by atoms with van der Waals surface area (Å²) in [6.45, 7) is 5.45. The molecule has 1 N–H and O–H groups in total. The zero-order chi connectivity index (χ0) is 18.4. The van der Waals surface area contributed by atoms with Gasteiger partial charge in [0.15, 0.2) is 0 Å². The van der Waals surface area contributed by atoms with Gasteiger partial charge in [-0.3, -0.25) is 4.79 Å². The number of hydrogen-bond donors (Lipinski definition) is 1.